The van der Waals surface area contributed by atoms with Gasteiger partial charge in [-0.2, -0.15) is 22.7 Å². The fraction of sp³-hybridized carbons (Fsp3) is 0.467. The van der Waals surface area contributed by atoms with Crippen LogP contribution in [-0.4, -0.2) is 79.0 Å². The molecule has 0 bridgehead atoms. The van der Waals surface area contributed by atoms with Gasteiger partial charge >= 0.3 is 11.5 Å². The molecule has 1 rings (SSSR count). The van der Waals surface area contributed by atoms with Crippen molar-refractivity contribution in [3.05, 3.63) is 23.8 Å². The van der Waals surface area contributed by atoms with Crippen molar-refractivity contribution in [1.29, 1.82) is 5.26 Å². The molecule has 15 heteroatoms. The molecule has 170 valence electrons. The average Bonchev–Trinajstić information content (AvgIpc) is 2.58. The molecule has 0 atom stereocenters. The van der Waals surface area contributed by atoms with Gasteiger partial charge in [0.2, 0.25) is 10.0 Å². The lowest BCUT2D eigenvalue weighted by molar-refractivity contribution is -0.140. The first-order valence-electron chi connectivity index (χ1n) is 7.70. The first kappa shape index (κ1) is 27.8. The van der Waals surface area contributed by atoms with E-state index in [-0.39, 0.29) is 10.5 Å². The van der Waals surface area contributed by atoms with Crippen molar-refractivity contribution in [1.82, 2.24) is 8.79 Å². The summed E-state index contributed by atoms with van der Waals surface area (Å²) in [5, 5.41) is 9.25. The molecule has 0 aliphatic rings. The Morgan fingerprint density at radius 2 is 1.70 bits per heavy atom. The monoisotopic (exact) mass is 475 g/mol. The topological polar surface area (TPSA) is 145 Å². The van der Waals surface area contributed by atoms with Crippen LogP contribution in [-0.2, 0) is 29.7 Å². The molecule has 10 nitrogen and oxygen atoms in total. The van der Waals surface area contributed by atoms with Gasteiger partial charge in [0.15, 0.2) is 10.1 Å². The van der Waals surface area contributed by atoms with Gasteiger partial charge in [0.05, 0.1) is 33.1 Å². The number of hydrogen-bond donors (Lipinski definition) is 0. The number of hydrogen-bond acceptors (Lipinski definition) is 8. The Kier molecular flexibility index (Phi) is 8.98. The van der Waals surface area contributed by atoms with Crippen molar-refractivity contribution in [3.8, 4) is 6.07 Å². The maximum Gasteiger partial charge on any atom is 0.485 e. The van der Waals surface area contributed by atoms with Crippen LogP contribution in [0.2, 0.25) is 0 Å². The Morgan fingerprint density at radius 3 is 2.03 bits per heavy atom. The molecule has 0 aliphatic heterocycles. The Balaban J connectivity index is 0.000000890. The van der Waals surface area contributed by atoms with Gasteiger partial charge in [-0.1, -0.05) is 0 Å². The smallest absolute Gasteiger partial charge is 0.485 e. The maximum atomic E-state index is 12.4. The number of esters is 1. The average molecular weight is 475 g/mol. The largest absolute Gasteiger partial charge is 0.741 e. The fourth-order valence-corrected chi connectivity index (χ4v) is 3.00. The first-order valence-corrected chi connectivity index (χ1v) is 10.5. The van der Waals surface area contributed by atoms with Crippen LogP contribution in [0.3, 0.4) is 0 Å². The first-order chi connectivity index (χ1) is 13.3. The van der Waals surface area contributed by atoms with E-state index < -0.39 is 38.2 Å². The fourth-order valence-electron chi connectivity index (χ4n) is 1.86. The summed E-state index contributed by atoms with van der Waals surface area (Å²) >= 11 is 0. The molecule has 0 N–H and O–H groups in total. The molecule has 0 radical (unpaired) electrons. The lowest BCUT2D eigenvalue weighted by Crippen LogP contribution is -2.36. The number of ether oxygens (including phenoxy) is 1. The van der Waals surface area contributed by atoms with E-state index in [1.807, 2.05) is 27.2 Å². The second-order valence-corrected chi connectivity index (χ2v) is 9.96. The number of carbonyl (C=O) groups is 1. The van der Waals surface area contributed by atoms with Crippen LogP contribution in [0.4, 0.5) is 18.9 Å². The van der Waals surface area contributed by atoms with E-state index in [1.165, 1.54) is 26.3 Å². The van der Waals surface area contributed by atoms with Crippen LogP contribution in [0.5, 0.6) is 0 Å². The van der Waals surface area contributed by atoms with Gasteiger partial charge in [0.25, 0.3) is 0 Å². The summed E-state index contributed by atoms with van der Waals surface area (Å²) in [6.45, 7) is -0.391. The SMILES string of the molecule is COC(=O)CN(C)S(=O)(=O)c1ccc([N+](C)(C)C)c(C#N)c1.O=S(=O)([O-])C(F)(F)F. The number of carbonyl (C=O) groups excluding carboxylic acids is 1. The number of sulfonamides is 1. The number of rotatable bonds is 5. The van der Waals surface area contributed by atoms with E-state index in [9.17, 15) is 31.6 Å². The molecule has 0 aliphatic carbocycles. The predicted molar refractivity (Wildman–Crippen MR) is 98.3 cm³/mol. The number of benzene rings is 1. The number of nitrogens with zero attached hydrogens (tertiary/aromatic N) is 3. The van der Waals surface area contributed by atoms with Crippen molar-refractivity contribution < 1.29 is 44.1 Å². The third-order valence-corrected chi connectivity index (χ3v) is 5.75. The van der Waals surface area contributed by atoms with Gasteiger partial charge in [-0.05, 0) is 12.1 Å². The van der Waals surface area contributed by atoms with Crippen LogP contribution < -0.4 is 4.48 Å². The second-order valence-electron chi connectivity index (χ2n) is 6.54. The Labute approximate surface area is 172 Å². The summed E-state index contributed by atoms with van der Waals surface area (Å²) < 4.78 is 89.5. The molecule has 0 saturated heterocycles. The van der Waals surface area contributed by atoms with Crippen LogP contribution in [0.15, 0.2) is 23.1 Å². The molecule has 0 spiro atoms. The minimum atomic E-state index is -6.09. The minimum absolute atomic E-state index is 0.0346. The van der Waals surface area contributed by atoms with E-state index in [0.717, 1.165) is 4.31 Å². The van der Waals surface area contributed by atoms with Gasteiger partial charge in [-0.3, -0.25) is 9.28 Å². The highest BCUT2D eigenvalue weighted by Crippen LogP contribution is 2.26. The van der Waals surface area contributed by atoms with Gasteiger partial charge in [-0.15, -0.1) is 0 Å². The van der Waals surface area contributed by atoms with Crippen molar-refractivity contribution in [2.75, 3.05) is 41.8 Å². The number of alkyl halides is 3. The van der Waals surface area contributed by atoms with Crippen LogP contribution in [0.1, 0.15) is 5.56 Å². The zero-order valence-electron chi connectivity index (χ0n) is 16.6. The van der Waals surface area contributed by atoms with E-state index >= 15 is 0 Å². The van der Waals surface area contributed by atoms with Crippen molar-refractivity contribution in [2.24, 2.45) is 0 Å². The zero-order valence-corrected chi connectivity index (χ0v) is 18.2. The van der Waals surface area contributed by atoms with Crippen LogP contribution in [0.25, 0.3) is 0 Å². The molecule has 30 heavy (non-hydrogen) atoms. The highest BCUT2D eigenvalue weighted by atomic mass is 32.2. The van der Waals surface area contributed by atoms with E-state index in [4.69, 9.17) is 13.0 Å². The van der Waals surface area contributed by atoms with Crippen LogP contribution >= 0.6 is 0 Å². The van der Waals surface area contributed by atoms with Crippen molar-refractivity contribution >= 4 is 31.8 Å². The molecular formula is C15H20F3N3O7S2. The minimum Gasteiger partial charge on any atom is -0.741 e. The molecule has 0 aromatic heterocycles. The molecule has 0 unspecified atom stereocenters. The lowest BCUT2D eigenvalue weighted by Gasteiger charge is -2.25. The Hall–Kier alpha value is -2.25. The summed E-state index contributed by atoms with van der Waals surface area (Å²) in [5.41, 5.74) is -4.66. The Bertz CT molecular complexity index is 1030. The Morgan fingerprint density at radius 1 is 1.23 bits per heavy atom. The molecule has 0 saturated carbocycles. The molecule has 1 aromatic carbocycles. The molecule has 0 heterocycles. The summed E-state index contributed by atoms with van der Waals surface area (Å²) in [7, 11) is -1.84. The number of methoxy groups -OCH3 is 1. The summed E-state index contributed by atoms with van der Waals surface area (Å²) in [6.07, 6.45) is 0. The van der Waals surface area contributed by atoms with Crippen molar-refractivity contribution in [2.45, 2.75) is 10.4 Å². The quantitative estimate of drug-likeness (QED) is 0.261. The number of nitriles is 1. The second kappa shape index (κ2) is 9.71. The summed E-state index contributed by atoms with van der Waals surface area (Å²) in [4.78, 5) is 11.2. The van der Waals surface area contributed by atoms with Crippen molar-refractivity contribution in [3.63, 3.8) is 0 Å². The van der Waals surface area contributed by atoms with Gasteiger partial charge in [0.1, 0.15) is 23.9 Å². The third kappa shape index (κ3) is 7.54. The summed E-state index contributed by atoms with van der Waals surface area (Å²) in [5.74, 6) is -0.658. The van der Waals surface area contributed by atoms with Crippen LogP contribution in [0, 0.1) is 11.3 Å². The van der Waals surface area contributed by atoms with Gasteiger partial charge in [0, 0.05) is 13.1 Å². The number of halogens is 3. The zero-order chi connectivity index (χ0) is 24.1. The molecule has 0 fully saturated rings. The predicted octanol–water partition coefficient (Wildman–Crippen LogP) is 0.600. The molecular weight excluding hydrogens is 455 g/mol. The number of likely N-dealkylation sites (N-methyl/N-ethyl adjacent to an activating group) is 1. The van der Waals surface area contributed by atoms with E-state index in [2.05, 4.69) is 4.74 Å². The standard InChI is InChI=1S/C14H20N3O4S.CHF3O3S/c1-16(10-14(18)21-5)22(19,20)12-6-7-13(17(2,3)4)11(8-12)9-15;2-1(3,4)8(5,6)7/h6-8H,10H2,1-5H3;(H,5,6,7)/q+1;/p-1. The third-order valence-electron chi connectivity index (χ3n) is 3.38. The van der Waals surface area contributed by atoms with Gasteiger partial charge in [-0.25, -0.2) is 16.8 Å². The van der Waals surface area contributed by atoms with E-state index in [0.29, 0.717) is 10.2 Å². The lowest BCUT2D eigenvalue weighted by atomic mass is 10.1. The summed E-state index contributed by atoms with van der Waals surface area (Å²) in [6, 6.07) is 6.38. The highest BCUT2D eigenvalue weighted by molar-refractivity contribution is 7.89. The van der Waals surface area contributed by atoms with E-state index in [1.54, 1.807) is 6.07 Å². The van der Waals surface area contributed by atoms with Gasteiger partial charge < -0.3 is 9.29 Å². The number of quaternary nitrogens is 1. The molecule has 1 aromatic rings. The molecule has 0 amide bonds. The highest BCUT2D eigenvalue weighted by Gasteiger charge is 2.37. The normalized spacial score (nSPS) is 12.6. The maximum absolute atomic E-state index is 12.4.